The zero-order valence-corrected chi connectivity index (χ0v) is 12.2. The molecule has 19 heavy (non-hydrogen) atoms. The van der Waals surface area contributed by atoms with Gasteiger partial charge in [-0.1, -0.05) is 37.3 Å². The maximum atomic E-state index is 11.6. The first-order valence-electron chi connectivity index (χ1n) is 6.64. The molecule has 0 aliphatic carbocycles. The van der Waals surface area contributed by atoms with Gasteiger partial charge in [0.1, 0.15) is 0 Å². The summed E-state index contributed by atoms with van der Waals surface area (Å²) in [6.45, 7) is 7.13. The topological polar surface area (TPSA) is 57.5 Å². The second-order valence-corrected chi connectivity index (χ2v) is 6.21. The SMILES string of the molecule is CC(O)CC(C)(Cc1ccccc1)C(C)(C)C(=O)O. The number of carboxylic acids is 1. The summed E-state index contributed by atoms with van der Waals surface area (Å²) in [5, 5.41) is 19.2. The molecular weight excluding hydrogens is 240 g/mol. The molecule has 3 nitrogen and oxygen atoms in total. The van der Waals surface area contributed by atoms with Crippen LogP contribution in [-0.2, 0) is 11.2 Å². The van der Waals surface area contributed by atoms with Crippen molar-refractivity contribution in [2.24, 2.45) is 10.8 Å². The van der Waals surface area contributed by atoms with Crippen LogP contribution in [0.4, 0.5) is 0 Å². The average Bonchev–Trinajstić information content (AvgIpc) is 2.28. The largest absolute Gasteiger partial charge is 0.481 e. The molecule has 0 aromatic heterocycles. The second kappa shape index (κ2) is 5.74. The van der Waals surface area contributed by atoms with Crippen molar-refractivity contribution < 1.29 is 15.0 Å². The van der Waals surface area contributed by atoms with Gasteiger partial charge in [0.15, 0.2) is 0 Å². The molecule has 1 rings (SSSR count). The van der Waals surface area contributed by atoms with E-state index in [-0.39, 0.29) is 0 Å². The molecule has 0 bridgehead atoms. The second-order valence-electron chi connectivity index (χ2n) is 6.21. The Morgan fingerprint density at radius 3 is 2.16 bits per heavy atom. The van der Waals surface area contributed by atoms with Crippen LogP contribution in [0.25, 0.3) is 0 Å². The van der Waals surface area contributed by atoms with Crippen molar-refractivity contribution in [1.29, 1.82) is 0 Å². The molecule has 106 valence electrons. The molecule has 0 aliphatic rings. The monoisotopic (exact) mass is 264 g/mol. The van der Waals surface area contributed by atoms with E-state index in [0.717, 1.165) is 5.56 Å². The predicted molar refractivity (Wildman–Crippen MR) is 76.0 cm³/mol. The van der Waals surface area contributed by atoms with E-state index in [2.05, 4.69) is 0 Å². The molecule has 0 fully saturated rings. The molecule has 0 spiro atoms. The minimum Gasteiger partial charge on any atom is -0.481 e. The van der Waals surface area contributed by atoms with Gasteiger partial charge in [0.25, 0.3) is 0 Å². The molecule has 0 saturated heterocycles. The molecule has 3 heteroatoms. The van der Waals surface area contributed by atoms with Gasteiger partial charge in [-0.15, -0.1) is 0 Å². The van der Waals surface area contributed by atoms with Gasteiger partial charge in [0.2, 0.25) is 0 Å². The van der Waals surface area contributed by atoms with Crippen molar-refractivity contribution in [3.63, 3.8) is 0 Å². The van der Waals surface area contributed by atoms with Gasteiger partial charge in [-0.05, 0) is 44.6 Å². The number of hydrogen-bond donors (Lipinski definition) is 2. The van der Waals surface area contributed by atoms with Gasteiger partial charge in [0, 0.05) is 0 Å². The Morgan fingerprint density at radius 1 is 1.21 bits per heavy atom. The van der Waals surface area contributed by atoms with E-state index in [9.17, 15) is 15.0 Å². The number of aliphatic carboxylic acids is 1. The number of hydrogen-bond acceptors (Lipinski definition) is 2. The molecular formula is C16H24O3. The summed E-state index contributed by atoms with van der Waals surface area (Å²) in [6, 6.07) is 9.84. The highest BCUT2D eigenvalue weighted by molar-refractivity contribution is 5.74. The molecule has 0 saturated carbocycles. The highest BCUT2D eigenvalue weighted by atomic mass is 16.4. The average molecular weight is 264 g/mol. The van der Waals surface area contributed by atoms with Gasteiger partial charge in [-0.25, -0.2) is 0 Å². The molecule has 2 unspecified atom stereocenters. The van der Waals surface area contributed by atoms with Gasteiger partial charge in [0.05, 0.1) is 11.5 Å². The third-order valence-corrected chi connectivity index (χ3v) is 4.23. The summed E-state index contributed by atoms with van der Waals surface area (Å²) < 4.78 is 0. The van der Waals surface area contributed by atoms with Crippen molar-refractivity contribution in [3.05, 3.63) is 35.9 Å². The quantitative estimate of drug-likeness (QED) is 0.830. The summed E-state index contributed by atoms with van der Waals surface area (Å²) in [5.41, 5.74) is -0.311. The number of carboxylic acid groups (broad SMARTS) is 1. The van der Waals surface area contributed by atoms with Crippen LogP contribution in [0.1, 0.15) is 39.7 Å². The maximum Gasteiger partial charge on any atom is 0.309 e. The van der Waals surface area contributed by atoms with Gasteiger partial charge in [-0.3, -0.25) is 4.79 Å². The molecule has 2 N–H and O–H groups in total. The van der Waals surface area contributed by atoms with E-state index in [4.69, 9.17) is 0 Å². The number of aliphatic hydroxyl groups excluding tert-OH is 1. The molecule has 1 aromatic rings. The van der Waals surface area contributed by atoms with Crippen LogP contribution in [-0.4, -0.2) is 22.3 Å². The van der Waals surface area contributed by atoms with Crippen LogP contribution in [0.2, 0.25) is 0 Å². The van der Waals surface area contributed by atoms with Gasteiger partial charge in [-0.2, -0.15) is 0 Å². The van der Waals surface area contributed by atoms with Crippen LogP contribution in [0.3, 0.4) is 0 Å². The lowest BCUT2D eigenvalue weighted by Gasteiger charge is -2.42. The van der Waals surface area contributed by atoms with E-state index in [1.807, 2.05) is 37.3 Å². The minimum atomic E-state index is -0.903. The smallest absolute Gasteiger partial charge is 0.309 e. The molecule has 0 radical (unpaired) electrons. The fourth-order valence-electron chi connectivity index (χ4n) is 2.50. The molecule has 0 heterocycles. The van der Waals surface area contributed by atoms with Crippen molar-refractivity contribution >= 4 is 5.97 Å². The van der Waals surface area contributed by atoms with Crippen molar-refractivity contribution in [1.82, 2.24) is 0 Å². The molecule has 2 atom stereocenters. The number of rotatable bonds is 6. The summed E-state index contributed by atoms with van der Waals surface area (Å²) in [5.74, 6) is -0.827. The van der Waals surface area contributed by atoms with Crippen molar-refractivity contribution in [3.8, 4) is 0 Å². The fourth-order valence-corrected chi connectivity index (χ4v) is 2.50. The van der Waals surface area contributed by atoms with E-state index < -0.39 is 22.9 Å². The van der Waals surface area contributed by atoms with Gasteiger partial charge < -0.3 is 10.2 Å². The highest BCUT2D eigenvalue weighted by Crippen LogP contribution is 2.45. The zero-order chi connectivity index (χ0) is 14.7. The van der Waals surface area contributed by atoms with E-state index in [1.165, 1.54) is 0 Å². The summed E-state index contributed by atoms with van der Waals surface area (Å²) in [6.07, 6.45) is 0.575. The summed E-state index contributed by atoms with van der Waals surface area (Å²) in [7, 11) is 0. The highest BCUT2D eigenvalue weighted by Gasteiger charge is 2.47. The van der Waals surface area contributed by atoms with E-state index in [0.29, 0.717) is 12.8 Å². The number of aliphatic hydroxyl groups is 1. The minimum absolute atomic E-state index is 0.460. The van der Waals surface area contributed by atoms with Crippen LogP contribution >= 0.6 is 0 Å². The van der Waals surface area contributed by atoms with Crippen LogP contribution in [0.15, 0.2) is 30.3 Å². The third-order valence-electron chi connectivity index (χ3n) is 4.23. The normalized spacial score (nSPS) is 16.7. The Kier molecular flexibility index (Phi) is 4.75. The first kappa shape index (κ1) is 15.7. The Labute approximate surface area is 115 Å². The lowest BCUT2D eigenvalue weighted by atomic mass is 9.61. The number of carbonyl (C=O) groups is 1. The Bertz CT molecular complexity index is 423. The summed E-state index contributed by atoms with van der Waals surface area (Å²) in [4.78, 5) is 11.6. The predicted octanol–water partition coefficient (Wildman–Crippen LogP) is 3.12. The molecule has 0 aliphatic heterocycles. The molecule has 1 aromatic carbocycles. The lowest BCUT2D eigenvalue weighted by molar-refractivity contribution is -0.156. The van der Waals surface area contributed by atoms with Crippen molar-refractivity contribution in [2.75, 3.05) is 0 Å². The Morgan fingerprint density at radius 2 is 1.74 bits per heavy atom. The Hall–Kier alpha value is -1.35. The Balaban J connectivity index is 3.10. The maximum absolute atomic E-state index is 11.6. The lowest BCUT2D eigenvalue weighted by Crippen LogP contribution is -2.44. The van der Waals surface area contributed by atoms with Crippen molar-refractivity contribution in [2.45, 2.75) is 46.6 Å². The third kappa shape index (κ3) is 3.57. The van der Waals surface area contributed by atoms with Crippen LogP contribution in [0.5, 0.6) is 0 Å². The van der Waals surface area contributed by atoms with E-state index >= 15 is 0 Å². The number of benzene rings is 1. The fraction of sp³-hybridized carbons (Fsp3) is 0.562. The zero-order valence-electron chi connectivity index (χ0n) is 12.2. The van der Waals surface area contributed by atoms with Crippen LogP contribution in [0, 0.1) is 10.8 Å². The van der Waals surface area contributed by atoms with Crippen LogP contribution < -0.4 is 0 Å². The first-order chi connectivity index (χ1) is 8.69. The standard InChI is InChI=1S/C16H24O3/c1-12(17)10-16(4,15(2,3)14(18)19)11-13-8-6-5-7-9-13/h5-9,12,17H,10-11H2,1-4H3,(H,18,19). The van der Waals surface area contributed by atoms with E-state index in [1.54, 1.807) is 20.8 Å². The van der Waals surface area contributed by atoms with Gasteiger partial charge >= 0.3 is 5.97 Å². The first-order valence-corrected chi connectivity index (χ1v) is 6.64. The summed E-state index contributed by atoms with van der Waals surface area (Å²) >= 11 is 0. The molecule has 0 amide bonds.